The first kappa shape index (κ1) is 11.9. The smallest absolute Gasteiger partial charge is 0.223 e. The molecule has 0 aliphatic heterocycles. The summed E-state index contributed by atoms with van der Waals surface area (Å²) in [6.07, 6.45) is 5.43. The molecule has 0 N–H and O–H groups in total. The molecule has 0 aromatic rings. The monoisotopic (exact) mass is 173 g/mol. The molecule has 0 aliphatic carbocycles. The van der Waals surface area contributed by atoms with Gasteiger partial charge in [0, 0.05) is 19.6 Å². The summed E-state index contributed by atoms with van der Waals surface area (Å²) in [5, 5.41) is 0. The van der Waals surface area contributed by atoms with Gasteiger partial charge in [-0.3, -0.25) is 0 Å². The van der Waals surface area contributed by atoms with Crippen LogP contribution in [0.4, 0.5) is 0 Å². The highest BCUT2D eigenvalue weighted by Gasteiger charge is 2.08. The van der Waals surface area contributed by atoms with E-state index in [1.54, 1.807) is 0 Å². The molecule has 0 rings (SSSR count). The topological polar surface area (TPSA) is 18.5 Å². The summed E-state index contributed by atoms with van der Waals surface area (Å²) >= 11 is 0. The van der Waals surface area contributed by atoms with E-state index in [1.165, 1.54) is 19.3 Å². The summed E-state index contributed by atoms with van der Waals surface area (Å²) in [7, 11) is 0. The molecule has 2 nitrogen and oxygen atoms in total. The van der Waals surface area contributed by atoms with Gasteiger partial charge in [0.15, 0.2) is 0 Å². The minimum atomic E-state index is 0.710. The molecule has 0 spiro atoms. The summed E-state index contributed by atoms with van der Waals surface area (Å²) in [5.74, 6) is 0. The van der Waals surface area contributed by atoms with Crippen LogP contribution in [0, 0.1) is 6.29 Å². The third-order valence-corrected chi connectivity index (χ3v) is 1.60. The Hall–Kier alpha value is -0.0800. The summed E-state index contributed by atoms with van der Waals surface area (Å²) in [6, 6.07) is 0. The van der Waals surface area contributed by atoms with E-state index in [0.717, 1.165) is 12.7 Å². The Morgan fingerprint density at radius 1 is 0.917 bits per heavy atom. The SMILES string of the molecule is CCCCC[C](OCC)OCC. The number of ether oxygens (including phenoxy) is 2. The van der Waals surface area contributed by atoms with E-state index in [1.807, 2.05) is 13.8 Å². The molecule has 1 radical (unpaired) electrons. The predicted molar refractivity (Wildman–Crippen MR) is 50.6 cm³/mol. The molecule has 0 aromatic heterocycles. The Morgan fingerprint density at radius 2 is 1.50 bits per heavy atom. The number of rotatable bonds is 8. The van der Waals surface area contributed by atoms with Crippen molar-refractivity contribution >= 4 is 0 Å². The molecule has 0 unspecified atom stereocenters. The van der Waals surface area contributed by atoms with Gasteiger partial charge >= 0.3 is 0 Å². The van der Waals surface area contributed by atoms with Crippen LogP contribution in [-0.4, -0.2) is 13.2 Å². The maximum Gasteiger partial charge on any atom is 0.223 e. The first-order valence-electron chi connectivity index (χ1n) is 4.96. The maximum absolute atomic E-state index is 5.32. The molecule has 0 aromatic carbocycles. The third-order valence-electron chi connectivity index (χ3n) is 1.60. The Kier molecular flexibility index (Phi) is 8.95. The van der Waals surface area contributed by atoms with Gasteiger partial charge in [-0.1, -0.05) is 19.8 Å². The van der Waals surface area contributed by atoms with E-state index in [-0.39, 0.29) is 0 Å². The lowest BCUT2D eigenvalue weighted by atomic mass is 10.2. The van der Waals surface area contributed by atoms with Crippen LogP contribution in [0.15, 0.2) is 0 Å². The molecule has 0 atom stereocenters. The normalized spacial score (nSPS) is 11.0. The van der Waals surface area contributed by atoms with E-state index in [2.05, 4.69) is 6.92 Å². The summed E-state index contributed by atoms with van der Waals surface area (Å²) < 4.78 is 10.6. The van der Waals surface area contributed by atoms with E-state index < -0.39 is 0 Å². The first-order valence-corrected chi connectivity index (χ1v) is 4.96. The summed E-state index contributed by atoms with van der Waals surface area (Å²) in [5.41, 5.74) is 0. The molecule has 0 aliphatic rings. The largest absolute Gasteiger partial charge is 0.346 e. The van der Waals surface area contributed by atoms with Gasteiger partial charge in [0.05, 0.1) is 0 Å². The highest BCUT2D eigenvalue weighted by molar-refractivity contribution is 4.64. The van der Waals surface area contributed by atoms with Gasteiger partial charge in [-0.05, 0) is 20.3 Å². The zero-order valence-corrected chi connectivity index (χ0v) is 8.56. The van der Waals surface area contributed by atoms with E-state index in [9.17, 15) is 0 Å². The Labute approximate surface area is 76.3 Å². The van der Waals surface area contributed by atoms with Crippen molar-refractivity contribution in [3.8, 4) is 0 Å². The van der Waals surface area contributed by atoms with Crippen molar-refractivity contribution in [3.63, 3.8) is 0 Å². The zero-order valence-electron chi connectivity index (χ0n) is 8.56. The first-order chi connectivity index (χ1) is 5.85. The highest BCUT2D eigenvalue weighted by Crippen LogP contribution is 2.14. The predicted octanol–water partition coefficient (Wildman–Crippen LogP) is 3.13. The lowest BCUT2D eigenvalue weighted by Gasteiger charge is -2.14. The molecule has 0 fully saturated rings. The van der Waals surface area contributed by atoms with Gasteiger partial charge in [0.25, 0.3) is 0 Å². The number of unbranched alkanes of at least 4 members (excludes halogenated alkanes) is 2. The molecule has 2 heteroatoms. The molecular formula is C10H21O2. The second kappa shape index (κ2) is 9.01. The number of hydrogen-bond acceptors (Lipinski definition) is 2. The molecule has 0 heterocycles. The van der Waals surface area contributed by atoms with Crippen molar-refractivity contribution in [2.24, 2.45) is 0 Å². The third kappa shape index (κ3) is 6.62. The van der Waals surface area contributed by atoms with E-state index in [4.69, 9.17) is 9.47 Å². The quantitative estimate of drug-likeness (QED) is 0.525. The van der Waals surface area contributed by atoms with Crippen LogP contribution in [0.3, 0.4) is 0 Å². The van der Waals surface area contributed by atoms with Crippen LogP contribution >= 0.6 is 0 Å². The molecule has 73 valence electrons. The van der Waals surface area contributed by atoms with Crippen molar-refractivity contribution in [2.75, 3.05) is 13.2 Å². The fourth-order valence-electron chi connectivity index (χ4n) is 1.03. The summed E-state index contributed by atoms with van der Waals surface area (Å²) in [4.78, 5) is 0. The Balaban J connectivity index is 3.34. The minimum Gasteiger partial charge on any atom is -0.346 e. The van der Waals surface area contributed by atoms with Crippen molar-refractivity contribution in [1.29, 1.82) is 0 Å². The fraction of sp³-hybridized carbons (Fsp3) is 0.900. The average molecular weight is 173 g/mol. The second-order valence-corrected chi connectivity index (χ2v) is 2.70. The van der Waals surface area contributed by atoms with E-state index in [0.29, 0.717) is 13.2 Å². The van der Waals surface area contributed by atoms with Gasteiger partial charge in [-0.15, -0.1) is 0 Å². The molecule has 0 amide bonds. The van der Waals surface area contributed by atoms with Crippen molar-refractivity contribution in [3.05, 3.63) is 6.29 Å². The van der Waals surface area contributed by atoms with Crippen LogP contribution in [0.25, 0.3) is 0 Å². The zero-order chi connectivity index (χ0) is 9.23. The minimum absolute atomic E-state index is 0.710. The highest BCUT2D eigenvalue weighted by atomic mass is 16.7. The maximum atomic E-state index is 5.32. The van der Waals surface area contributed by atoms with Crippen molar-refractivity contribution < 1.29 is 9.47 Å². The Morgan fingerprint density at radius 3 is 1.92 bits per heavy atom. The van der Waals surface area contributed by atoms with Gasteiger partial charge < -0.3 is 9.47 Å². The van der Waals surface area contributed by atoms with Crippen LogP contribution < -0.4 is 0 Å². The Bertz CT molecular complexity index is 77.9. The molecule has 0 saturated heterocycles. The van der Waals surface area contributed by atoms with Crippen LogP contribution in [-0.2, 0) is 9.47 Å². The average Bonchev–Trinajstić information content (AvgIpc) is 2.06. The van der Waals surface area contributed by atoms with E-state index >= 15 is 0 Å². The van der Waals surface area contributed by atoms with Gasteiger partial charge in [0.1, 0.15) is 0 Å². The lowest BCUT2D eigenvalue weighted by Crippen LogP contribution is -2.08. The lowest BCUT2D eigenvalue weighted by molar-refractivity contribution is -0.0433. The molecule has 0 bridgehead atoms. The molecular weight excluding hydrogens is 152 g/mol. The van der Waals surface area contributed by atoms with Crippen LogP contribution in [0.2, 0.25) is 0 Å². The van der Waals surface area contributed by atoms with Crippen LogP contribution in [0.1, 0.15) is 46.5 Å². The van der Waals surface area contributed by atoms with Crippen molar-refractivity contribution in [1.82, 2.24) is 0 Å². The molecule has 0 saturated carbocycles. The standard InChI is InChI=1S/C10H21O2/c1-4-7-8-9-10(11-5-2)12-6-3/h4-9H2,1-3H3. The molecule has 12 heavy (non-hydrogen) atoms. The second-order valence-electron chi connectivity index (χ2n) is 2.70. The fourth-order valence-corrected chi connectivity index (χ4v) is 1.03. The van der Waals surface area contributed by atoms with Crippen molar-refractivity contribution in [2.45, 2.75) is 46.5 Å². The van der Waals surface area contributed by atoms with Gasteiger partial charge in [-0.25, -0.2) is 0 Å². The number of hydrogen-bond donors (Lipinski definition) is 0. The summed E-state index contributed by atoms with van der Waals surface area (Å²) in [6.45, 7) is 7.58. The van der Waals surface area contributed by atoms with Crippen LogP contribution in [0.5, 0.6) is 0 Å². The van der Waals surface area contributed by atoms with Gasteiger partial charge in [0.2, 0.25) is 6.29 Å². The van der Waals surface area contributed by atoms with Gasteiger partial charge in [-0.2, -0.15) is 0 Å².